The van der Waals surface area contributed by atoms with E-state index in [0.717, 1.165) is 0 Å². The van der Waals surface area contributed by atoms with Gasteiger partial charge in [-0.3, -0.25) is 9.36 Å². The van der Waals surface area contributed by atoms with Gasteiger partial charge in [0.2, 0.25) is 5.91 Å². The molecule has 10 heteroatoms. The summed E-state index contributed by atoms with van der Waals surface area (Å²) < 4.78 is 30.3. The van der Waals surface area contributed by atoms with Crippen molar-refractivity contribution in [3.05, 3.63) is 108 Å². The van der Waals surface area contributed by atoms with E-state index in [0.29, 0.717) is 28.1 Å². The minimum atomic E-state index is -4.38. The van der Waals surface area contributed by atoms with E-state index in [1.165, 1.54) is 47.4 Å². The van der Waals surface area contributed by atoms with Crippen LogP contribution in [0.3, 0.4) is 0 Å². The number of carbonyl (C=O) groups is 1. The molecule has 4 N–H and O–H groups in total. The van der Waals surface area contributed by atoms with Crippen molar-refractivity contribution in [1.29, 1.82) is 0 Å². The van der Waals surface area contributed by atoms with Crippen molar-refractivity contribution in [1.82, 2.24) is 0 Å². The normalized spacial score (nSPS) is 17.9. The van der Waals surface area contributed by atoms with Gasteiger partial charge < -0.3 is 29.6 Å². The smallest absolute Gasteiger partial charge is 0.356 e. The Bertz CT molecular complexity index is 1520. The van der Waals surface area contributed by atoms with Gasteiger partial charge in [-0.05, 0) is 65.7 Å². The van der Waals surface area contributed by atoms with Crippen molar-refractivity contribution in [2.45, 2.75) is 12.1 Å². The summed E-state index contributed by atoms with van der Waals surface area (Å²) in [5.74, 6) is -1.44. The maximum atomic E-state index is 13.3. The van der Waals surface area contributed by atoms with Crippen LogP contribution in [0.1, 0.15) is 11.6 Å². The van der Waals surface area contributed by atoms with E-state index < -0.39 is 31.5 Å². The van der Waals surface area contributed by atoms with Crippen LogP contribution >= 0.6 is 7.60 Å². The number of anilines is 1. The Labute approximate surface area is 223 Å². The lowest BCUT2D eigenvalue weighted by molar-refractivity contribution is -0.137. The average Bonchev–Trinajstić information content (AvgIpc) is 2.92. The Morgan fingerprint density at radius 3 is 2.15 bits per heavy atom. The van der Waals surface area contributed by atoms with Gasteiger partial charge >= 0.3 is 7.60 Å². The number of rotatable bonds is 8. The molecule has 1 aliphatic rings. The number of β-lactam (4-membered cyclic amide) rings is 1. The van der Waals surface area contributed by atoms with E-state index in [1.807, 2.05) is 6.07 Å². The topological polar surface area (TPSA) is 128 Å². The molecule has 3 atom stereocenters. The molecule has 0 radical (unpaired) electrons. The fraction of sp³-hybridized carbons (Fsp3) is 0.138. The summed E-state index contributed by atoms with van der Waals surface area (Å²) >= 11 is 0. The molecule has 200 valence electrons. The van der Waals surface area contributed by atoms with Gasteiger partial charge in [0.25, 0.3) is 0 Å². The van der Waals surface area contributed by atoms with Gasteiger partial charge in [0.15, 0.2) is 0 Å². The van der Waals surface area contributed by atoms with Crippen molar-refractivity contribution in [3.63, 3.8) is 0 Å². The number of nitrogens with zero attached hydrogens (tertiary/aromatic N) is 1. The molecule has 0 aliphatic carbocycles. The maximum absolute atomic E-state index is 13.3. The van der Waals surface area contributed by atoms with Crippen molar-refractivity contribution < 1.29 is 38.5 Å². The highest BCUT2D eigenvalue weighted by atomic mass is 31.2. The Kier molecular flexibility index (Phi) is 7.25. The highest BCUT2D eigenvalue weighted by Gasteiger charge is 2.53. The van der Waals surface area contributed by atoms with Crippen LogP contribution in [-0.2, 0) is 9.36 Å². The number of aromatic hydroxyl groups is 1. The number of halogens is 1. The van der Waals surface area contributed by atoms with E-state index in [4.69, 9.17) is 4.74 Å². The highest BCUT2D eigenvalue weighted by Crippen LogP contribution is 2.48. The summed E-state index contributed by atoms with van der Waals surface area (Å²) in [6, 6.07) is 24.2. The molecule has 0 saturated carbocycles. The lowest BCUT2D eigenvalue weighted by atomic mass is 9.77. The molecule has 4 aromatic carbocycles. The van der Waals surface area contributed by atoms with Gasteiger partial charge in [-0.15, -0.1) is 0 Å². The van der Waals surface area contributed by atoms with E-state index in [9.17, 15) is 33.7 Å². The number of para-hydroxylation sites is 1. The van der Waals surface area contributed by atoms with E-state index in [1.54, 1.807) is 48.5 Å². The average molecular weight is 549 g/mol. The number of phenolic OH excluding ortho intramolecular Hbond substituents is 1. The first-order chi connectivity index (χ1) is 18.6. The van der Waals surface area contributed by atoms with Crippen molar-refractivity contribution in [2.75, 3.05) is 11.5 Å². The third kappa shape index (κ3) is 5.44. The third-order valence-corrected chi connectivity index (χ3v) is 7.68. The zero-order chi connectivity index (χ0) is 27.7. The molecule has 39 heavy (non-hydrogen) atoms. The van der Waals surface area contributed by atoms with Crippen LogP contribution in [0.25, 0.3) is 11.1 Å². The molecule has 3 unspecified atom stereocenters. The van der Waals surface area contributed by atoms with Gasteiger partial charge in [0.1, 0.15) is 30.0 Å². The maximum Gasteiger partial charge on any atom is 0.356 e. The van der Waals surface area contributed by atoms with Crippen molar-refractivity contribution in [3.8, 4) is 22.6 Å². The summed E-state index contributed by atoms with van der Waals surface area (Å²) in [5, 5.41) is 21.9. The second kappa shape index (κ2) is 10.6. The van der Waals surface area contributed by atoms with E-state index in [-0.39, 0.29) is 23.6 Å². The Morgan fingerprint density at radius 2 is 1.54 bits per heavy atom. The SMILES string of the molecule is O=C1C(C(O)COc2ccc(F)cc2)C(c2ccc(-c3ccc(P(=O)(O)O)cc3)cc2O)N1c1ccccc1. The zero-order valence-electron chi connectivity index (χ0n) is 20.5. The number of benzene rings is 4. The minimum Gasteiger partial charge on any atom is -0.508 e. The van der Waals surface area contributed by atoms with Crippen LogP contribution < -0.4 is 14.9 Å². The summed E-state index contributed by atoms with van der Waals surface area (Å²) in [7, 11) is -4.38. The summed E-state index contributed by atoms with van der Waals surface area (Å²) in [6.45, 7) is -0.216. The van der Waals surface area contributed by atoms with E-state index in [2.05, 4.69) is 0 Å². The van der Waals surface area contributed by atoms with Gasteiger partial charge in [0, 0.05) is 11.3 Å². The first-order valence-corrected chi connectivity index (χ1v) is 13.7. The van der Waals surface area contributed by atoms with Crippen LogP contribution in [-0.4, -0.2) is 38.6 Å². The molecule has 1 fully saturated rings. The number of ether oxygens (including phenoxy) is 1. The predicted molar refractivity (Wildman–Crippen MR) is 143 cm³/mol. The number of aliphatic hydroxyl groups is 1. The van der Waals surface area contributed by atoms with Crippen LogP contribution in [0.4, 0.5) is 10.1 Å². The third-order valence-electron chi connectivity index (χ3n) is 6.71. The highest BCUT2D eigenvalue weighted by molar-refractivity contribution is 7.60. The van der Waals surface area contributed by atoms with Crippen LogP contribution in [0.15, 0.2) is 97.1 Å². The molecule has 0 bridgehead atoms. The van der Waals surface area contributed by atoms with E-state index >= 15 is 0 Å². The van der Waals surface area contributed by atoms with Crippen molar-refractivity contribution >= 4 is 24.5 Å². The number of amides is 1. The van der Waals surface area contributed by atoms with Gasteiger partial charge in [-0.2, -0.15) is 0 Å². The largest absolute Gasteiger partial charge is 0.508 e. The standard InChI is InChI=1S/C29H25FNO7P/c30-20-9-11-22(12-10-20)38-17-26(33)27-28(31(29(27)34)21-4-2-1-3-5-21)24-15-8-19(16-25(24)32)18-6-13-23(14-7-18)39(35,36)37/h1-16,26-28,32-33H,17H2,(H2,35,36,37). The molecule has 1 aliphatic heterocycles. The molecule has 1 heterocycles. The van der Waals surface area contributed by atoms with Crippen molar-refractivity contribution in [2.24, 2.45) is 5.92 Å². The first kappa shape index (κ1) is 26.6. The predicted octanol–water partition coefficient (Wildman–Crippen LogP) is 4.15. The number of hydrogen-bond acceptors (Lipinski definition) is 5. The Balaban J connectivity index is 1.43. The van der Waals surface area contributed by atoms with Crippen LogP contribution in [0.2, 0.25) is 0 Å². The number of phenols is 1. The first-order valence-electron chi connectivity index (χ1n) is 12.1. The molecule has 4 aromatic rings. The monoisotopic (exact) mass is 549 g/mol. The molecule has 1 saturated heterocycles. The lowest BCUT2D eigenvalue weighted by Crippen LogP contribution is -2.60. The zero-order valence-corrected chi connectivity index (χ0v) is 21.4. The number of aliphatic hydroxyl groups excluding tert-OH is 1. The summed E-state index contributed by atoms with van der Waals surface area (Å²) in [5.41, 5.74) is 2.25. The number of carbonyl (C=O) groups excluding carboxylic acids is 1. The fourth-order valence-corrected chi connectivity index (χ4v) is 5.27. The van der Waals surface area contributed by atoms with Crippen LogP contribution in [0.5, 0.6) is 11.5 Å². The summed E-state index contributed by atoms with van der Waals surface area (Å²) in [4.78, 5) is 33.5. The van der Waals surface area contributed by atoms with Gasteiger partial charge in [-0.1, -0.05) is 42.5 Å². The molecule has 5 rings (SSSR count). The Hall–Kier alpha value is -4.01. The van der Waals surface area contributed by atoms with Crippen LogP contribution in [0, 0.1) is 11.7 Å². The second-order valence-electron chi connectivity index (χ2n) is 9.21. The molecule has 8 nitrogen and oxygen atoms in total. The number of hydrogen-bond donors (Lipinski definition) is 4. The summed E-state index contributed by atoms with van der Waals surface area (Å²) in [6.07, 6.45) is -1.22. The quantitative estimate of drug-likeness (QED) is 0.192. The molecular formula is C29H25FNO7P. The fourth-order valence-electron chi connectivity index (χ4n) is 4.73. The molecule has 0 aromatic heterocycles. The van der Waals surface area contributed by atoms with Gasteiger partial charge in [0.05, 0.1) is 17.3 Å². The molecular weight excluding hydrogens is 524 g/mol. The second-order valence-corrected chi connectivity index (χ2v) is 10.8. The minimum absolute atomic E-state index is 0.110. The lowest BCUT2D eigenvalue weighted by Gasteiger charge is -2.49. The Morgan fingerprint density at radius 1 is 0.897 bits per heavy atom. The molecule has 0 spiro atoms. The van der Waals surface area contributed by atoms with Gasteiger partial charge in [-0.25, -0.2) is 4.39 Å². The molecule has 1 amide bonds.